The van der Waals surface area contributed by atoms with E-state index < -0.39 is 0 Å². The van der Waals surface area contributed by atoms with Crippen LogP contribution in [0.3, 0.4) is 0 Å². The lowest BCUT2D eigenvalue weighted by molar-refractivity contribution is -0.132. The zero-order valence-electron chi connectivity index (χ0n) is 14.3. The maximum Gasteiger partial charge on any atom is 0.222 e. The highest BCUT2D eigenvalue weighted by Gasteiger charge is 2.24. The highest BCUT2D eigenvalue weighted by Crippen LogP contribution is 2.24. The molecule has 0 aromatic heterocycles. The molecule has 4 heteroatoms. The molecule has 1 aliphatic carbocycles. The van der Waals surface area contributed by atoms with Gasteiger partial charge >= 0.3 is 0 Å². The highest BCUT2D eigenvalue weighted by atomic mass is 16.2. The largest absolute Gasteiger partial charge is 0.356 e. The topological polar surface area (TPSA) is 49.4 Å². The molecule has 0 fully saturated rings. The van der Waals surface area contributed by atoms with Crippen LogP contribution >= 0.6 is 0 Å². The third-order valence-corrected chi connectivity index (χ3v) is 4.70. The zero-order valence-corrected chi connectivity index (χ0v) is 14.3. The van der Waals surface area contributed by atoms with Gasteiger partial charge in [0.1, 0.15) is 0 Å². The summed E-state index contributed by atoms with van der Waals surface area (Å²) < 4.78 is 0. The first kappa shape index (κ1) is 17.5. The van der Waals surface area contributed by atoms with Gasteiger partial charge in [0.05, 0.1) is 0 Å². The molecular formula is C19H28N2O2. The average molecular weight is 316 g/mol. The molecule has 4 nitrogen and oxygen atoms in total. The minimum Gasteiger partial charge on any atom is -0.356 e. The number of carbonyl (C=O) groups excluding carboxylic acids is 2. The fraction of sp³-hybridized carbons (Fsp3) is 0.579. The quantitative estimate of drug-likeness (QED) is 0.786. The third-order valence-electron chi connectivity index (χ3n) is 4.70. The van der Waals surface area contributed by atoms with E-state index in [9.17, 15) is 9.59 Å². The molecule has 1 N–H and O–H groups in total. The van der Waals surface area contributed by atoms with Crippen molar-refractivity contribution in [3.05, 3.63) is 35.4 Å². The van der Waals surface area contributed by atoms with Gasteiger partial charge in [-0.25, -0.2) is 0 Å². The summed E-state index contributed by atoms with van der Waals surface area (Å²) in [6.07, 6.45) is 6.51. The number of likely N-dealkylation sites (N-methyl/N-ethyl adjacent to an activating group) is 1. The summed E-state index contributed by atoms with van der Waals surface area (Å²) >= 11 is 0. The van der Waals surface area contributed by atoms with Crippen LogP contribution in [0.4, 0.5) is 0 Å². The fourth-order valence-corrected chi connectivity index (χ4v) is 3.23. The minimum absolute atomic E-state index is 0.0124. The number of nitrogens with one attached hydrogen (secondary N) is 1. The molecule has 0 heterocycles. The number of hydrogen-bond donors (Lipinski definition) is 1. The lowest BCUT2D eigenvalue weighted by atomic mass is 9.87. The molecule has 0 spiro atoms. The predicted octanol–water partition coefficient (Wildman–Crippen LogP) is 2.70. The number of fused-ring (bicyclic) bond motifs is 1. The van der Waals surface area contributed by atoms with Crippen molar-refractivity contribution in [2.45, 2.75) is 57.9 Å². The Bertz CT molecular complexity index is 542. The molecular weight excluding hydrogens is 288 g/mol. The van der Waals surface area contributed by atoms with E-state index in [0.29, 0.717) is 19.0 Å². The van der Waals surface area contributed by atoms with Gasteiger partial charge in [-0.2, -0.15) is 0 Å². The van der Waals surface area contributed by atoms with E-state index in [1.807, 2.05) is 11.9 Å². The van der Waals surface area contributed by atoms with Crippen LogP contribution in [0.15, 0.2) is 24.3 Å². The first-order chi connectivity index (χ1) is 11.1. The molecule has 0 saturated carbocycles. The molecule has 1 atom stereocenters. The van der Waals surface area contributed by atoms with E-state index in [1.54, 1.807) is 0 Å². The standard InChI is InChI=1S/C19H28N2O2/c1-15(22)20-13-7-3-4-10-19(23)21(2)18-12-11-16-8-5-6-9-17(16)14-18/h5-6,8-9,18H,3-4,7,10-14H2,1-2H3,(H,20,22). The Hall–Kier alpha value is -1.84. The van der Waals surface area contributed by atoms with Crippen LogP contribution in [-0.2, 0) is 22.4 Å². The van der Waals surface area contributed by atoms with E-state index in [-0.39, 0.29) is 11.8 Å². The predicted molar refractivity (Wildman–Crippen MR) is 92.2 cm³/mol. The summed E-state index contributed by atoms with van der Waals surface area (Å²) in [5.41, 5.74) is 2.82. The van der Waals surface area contributed by atoms with Crippen LogP contribution < -0.4 is 5.32 Å². The Kier molecular flexibility index (Phi) is 6.63. The summed E-state index contributed by atoms with van der Waals surface area (Å²) in [6.45, 7) is 2.24. The van der Waals surface area contributed by atoms with Crippen LogP contribution in [0.2, 0.25) is 0 Å². The lowest BCUT2D eigenvalue weighted by Crippen LogP contribution is -2.40. The van der Waals surface area contributed by atoms with Crippen molar-refractivity contribution in [2.24, 2.45) is 0 Å². The SMILES string of the molecule is CC(=O)NCCCCCC(=O)N(C)C1CCc2ccccc2C1. The summed E-state index contributed by atoms with van der Waals surface area (Å²) in [5.74, 6) is 0.257. The van der Waals surface area contributed by atoms with E-state index in [2.05, 4.69) is 29.6 Å². The number of hydrogen-bond acceptors (Lipinski definition) is 2. The van der Waals surface area contributed by atoms with Gasteiger partial charge in [-0.05, 0) is 43.2 Å². The van der Waals surface area contributed by atoms with Crippen molar-refractivity contribution in [3.63, 3.8) is 0 Å². The Morgan fingerprint density at radius 3 is 2.65 bits per heavy atom. The van der Waals surface area contributed by atoms with Crippen molar-refractivity contribution in [3.8, 4) is 0 Å². The summed E-state index contributed by atoms with van der Waals surface area (Å²) in [7, 11) is 1.94. The van der Waals surface area contributed by atoms with Crippen molar-refractivity contribution in [1.29, 1.82) is 0 Å². The first-order valence-corrected chi connectivity index (χ1v) is 8.65. The number of nitrogens with zero attached hydrogens (tertiary/aromatic N) is 1. The minimum atomic E-state index is 0.0124. The smallest absolute Gasteiger partial charge is 0.222 e. The van der Waals surface area contributed by atoms with E-state index >= 15 is 0 Å². The van der Waals surface area contributed by atoms with E-state index in [1.165, 1.54) is 18.1 Å². The zero-order chi connectivity index (χ0) is 16.7. The van der Waals surface area contributed by atoms with E-state index in [0.717, 1.165) is 38.5 Å². The first-order valence-electron chi connectivity index (χ1n) is 8.65. The molecule has 2 amide bonds. The van der Waals surface area contributed by atoms with Gasteiger partial charge in [-0.1, -0.05) is 30.7 Å². The molecule has 1 aromatic carbocycles. The molecule has 1 unspecified atom stereocenters. The Morgan fingerprint density at radius 2 is 1.91 bits per heavy atom. The van der Waals surface area contributed by atoms with Gasteiger partial charge in [0.25, 0.3) is 0 Å². The van der Waals surface area contributed by atoms with E-state index in [4.69, 9.17) is 0 Å². The second kappa shape index (κ2) is 8.70. The molecule has 126 valence electrons. The van der Waals surface area contributed by atoms with Crippen molar-refractivity contribution in [2.75, 3.05) is 13.6 Å². The summed E-state index contributed by atoms with van der Waals surface area (Å²) in [4.78, 5) is 25.1. The number of amides is 2. The van der Waals surface area contributed by atoms with Crippen molar-refractivity contribution in [1.82, 2.24) is 10.2 Å². The molecule has 23 heavy (non-hydrogen) atoms. The molecule has 0 aliphatic heterocycles. The number of rotatable bonds is 7. The molecule has 1 aliphatic rings. The van der Waals surface area contributed by atoms with Gasteiger partial charge in [0.15, 0.2) is 0 Å². The highest BCUT2D eigenvalue weighted by molar-refractivity contribution is 5.76. The Labute approximate surface area is 139 Å². The van der Waals surface area contributed by atoms with Gasteiger partial charge < -0.3 is 10.2 Å². The normalized spacial score (nSPS) is 16.5. The monoisotopic (exact) mass is 316 g/mol. The number of aryl methyl sites for hydroxylation is 1. The Balaban J connectivity index is 1.70. The molecule has 2 rings (SSSR count). The van der Waals surface area contributed by atoms with Crippen molar-refractivity contribution < 1.29 is 9.59 Å². The van der Waals surface area contributed by atoms with Crippen LogP contribution in [0.25, 0.3) is 0 Å². The maximum absolute atomic E-state index is 12.4. The van der Waals surface area contributed by atoms with Gasteiger partial charge in [0.2, 0.25) is 11.8 Å². The summed E-state index contributed by atoms with van der Waals surface area (Å²) in [5, 5.41) is 2.78. The Morgan fingerprint density at radius 1 is 1.17 bits per heavy atom. The molecule has 1 aromatic rings. The summed E-state index contributed by atoms with van der Waals surface area (Å²) in [6, 6.07) is 8.88. The number of benzene rings is 1. The van der Waals surface area contributed by atoms with Crippen LogP contribution in [-0.4, -0.2) is 36.3 Å². The third kappa shape index (κ3) is 5.38. The van der Waals surface area contributed by atoms with Gasteiger partial charge in [-0.3, -0.25) is 9.59 Å². The second-order valence-corrected chi connectivity index (χ2v) is 6.46. The van der Waals surface area contributed by atoms with Crippen LogP contribution in [0.1, 0.15) is 50.2 Å². The van der Waals surface area contributed by atoms with Gasteiger partial charge in [0, 0.05) is 33.0 Å². The molecule has 0 bridgehead atoms. The molecule has 0 saturated heterocycles. The van der Waals surface area contributed by atoms with Crippen LogP contribution in [0.5, 0.6) is 0 Å². The number of unbranched alkanes of at least 4 members (excludes halogenated alkanes) is 2. The second-order valence-electron chi connectivity index (χ2n) is 6.46. The van der Waals surface area contributed by atoms with Gasteiger partial charge in [-0.15, -0.1) is 0 Å². The van der Waals surface area contributed by atoms with Crippen LogP contribution in [0, 0.1) is 0 Å². The number of carbonyl (C=O) groups is 2. The molecule has 0 radical (unpaired) electrons. The van der Waals surface area contributed by atoms with Crippen molar-refractivity contribution >= 4 is 11.8 Å². The lowest BCUT2D eigenvalue weighted by Gasteiger charge is -2.32. The maximum atomic E-state index is 12.4. The average Bonchev–Trinajstić information content (AvgIpc) is 2.56. The fourth-order valence-electron chi connectivity index (χ4n) is 3.23.